The SMILES string of the molecule is c1csc(CCNC2COCc3ccccc32)c1. The molecule has 0 saturated heterocycles. The van der Waals surface area contributed by atoms with Crippen LogP contribution in [0, 0.1) is 0 Å². The largest absolute Gasteiger partial charge is 0.375 e. The van der Waals surface area contributed by atoms with Crippen LogP contribution in [-0.4, -0.2) is 13.2 Å². The minimum atomic E-state index is 0.343. The highest BCUT2D eigenvalue weighted by atomic mass is 32.1. The maximum atomic E-state index is 5.64. The second-order valence-electron chi connectivity index (χ2n) is 4.55. The smallest absolute Gasteiger partial charge is 0.0721 e. The molecule has 0 amide bonds. The molecule has 1 aliphatic rings. The highest BCUT2D eigenvalue weighted by molar-refractivity contribution is 7.09. The van der Waals surface area contributed by atoms with Gasteiger partial charge in [0.25, 0.3) is 0 Å². The van der Waals surface area contributed by atoms with Crippen LogP contribution in [0.4, 0.5) is 0 Å². The summed E-state index contributed by atoms with van der Waals surface area (Å²) in [6.45, 7) is 2.53. The standard InChI is InChI=1S/C15H17NOS/c1-2-6-14-12(4-1)10-17-11-15(14)16-8-7-13-5-3-9-18-13/h1-6,9,15-16H,7-8,10-11H2. The third kappa shape index (κ3) is 2.64. The average molecular weight is 259 g/mol. The summed E-state index contributed by atoms with van der Waals surface area (Å²) < 4.78 is 5.64. The van der Waals surface area contributed by atoms with Crippen LogP contribution in [-0.2, 0) is 17.8 Å². The molecular formula is C15H17NOS. The molecule has 2 aromatic rings. The Labute approximate surface area is 112 Å². The van der Waals surface area contributed by atoms with Gasteiger partial charge in [0, 0.05) is 11.4 Å². The number of hydrogen-bond donors (Lipinski definition) is 1. The Bertz CT molecular complexity index is 495. The van der Waals surface area contributed by atoms with Gasteiger partial charge in [-0.05, 0) is 29.0 Å². The van der Waals surface area contributed by atoms with Crippen molar-refractivity contribution >= 4 is 11.3 Å². The fourth-order valence-electron chi connectivity index (χ4n) is 2.38. The summed E-state index contributed by atoms with van der Waals surface area (Å²) in [4.78, 5) is 1.44. The molecule has 2 nitrogen and oxygen atoms in total. The second-order valence-corrected chi connectivity index (χ2v) is 5.58. The zero-order valence-corrected chi connectivity index (χ0v) is 11.1. The van der Waals surface area contributed by atoms with Crippen molar-refractivity contribution in [2.45, 2.75) is 19.1 Å². The maximum absolute atomic E-state index is 5.64. The Balaban J connectivity index is 1.60. The first-order valence-corrected chi connectivity index (χ1v) is 7.23. The van der Waals surface area contributed by atoms with Crippen molar-refractivity contribution in [2.24, 2.45) is 0 Å². The molecule has 1 aliphatic heterocycles. The Morgan fingerprint density at radius 3 is 3.06 bits per heavy atom. The van der Waals surface area contributed by atoms with Gasteiger partial charge < -0.3 is 10.1 Å². The van der Waals surface area contributed by atoms with Gasteiger partial charge in [-0.15, -0.1) is 11.3 Å². The quantitative estimate of drug-likeness (QED) is 0.910. The van der Waals surface area contributed by atoms with Crippen LogP contribution in [0.5, 0.6) is 0 Å². The molecule has 0 saturated carbocycles. The summed E-state index contributed by atoms with van der Waals surface area (Å²) >= 11 is 1.82. The first-order chi connectivity index (χ1) is 8.93. The van der Waals surface area contributed by atoms with Gasteiger partial charge in [0.15, 0.2) is 0 Å². The van der Waals surface area contributed by atoms with Gasteiger partial charge in [-0.2, -0.15) is 0 Å². The van der Waals surface area contributed by atoms with Crippen LogP contribution in [0.15, 0.2) is 41.8 Å². The van der Waals surface area contributed by atoms with E-state index in [0.717, 1.165) is 26.2 Å². The van der Waals surface area contributed by atoms with E-state index in [9.17, 15) is 0 Å². The predicted octanol–water partition coefficient (Wildman–Crippen LogP) is 3.15. The summed E-state index contributed by atoms with van der Waals surface area (Å²) in [6.07, 6.45) is 1.09. The number of thiophene rings is 1. The molecule has 0 bridgehead atoms. The highest BCUT2D eigenvalue weighted by Crippen LogP contribution is 2.24. The van der Waals surface area contributed by atoms with Crippen LogP contribution in [0.25, 0.3) is 0 Å². The van der Waals surface area contributed by atoms with E-state index in [0.29, 0.717) is 6.04 Å². The molecule has 0 fully saturated rings. The molecule has 0 spiro atoms. The first-order valence-electron chi connectivity index (χ1n) is 6.35. The molecule has 1 N–H and O–H groups in total. The number of hydrogen-bond acceptors (Lipinski definition) is 3. The minimum Gasteiger partial charge on any atom is -0.375 e. The molecule has 3 rings (SSSR count). The van der Waals surface area contributed by atoms with Crippen molar-refractivity contribution in [3.63, 3.8) is 0 Å². The Hall–Kier alpha value is -1.16. The molecule has 2 heterocycles. The molecule has 18 heavy (non-hydrogen) atoms. The Morgan fingerprint density at radius 2 is 2.17 bits per heavy atom. The maximum Gasteiger partial charge on any atom is 0.0721 e. The van der Waals surface area contributed by atoms with Gasteiger partial charge in [-0.25, -0.2) is 0 Å². The van der Waals surface area contributed by atoms with Gasteiger partial charge in [0.1, 0.15) is 0 Å². The van der Waals surface area contributed by atoms with Gasteiger partial charge >= 0.3 is 0 Å². The van der Waals surface area contributed by atoms with Crippen molar-refractivity contribution < 1.29 is 4.74 Å². The number of nitrogens with one attached hydrogen (secondary N) is 1. The molecule has 1 aromatic heterocycles. The number of benzene rings is 1. The molecule has 0 radical (unpaired) electrons. The van der Waals surface area contributed by atoms with Crippen LogP contribution in [0.2, 0.25) is 0 Å². The van der Waals surface area contributed by atoms with E-state index in [1.807, 2.05) is 11.3 Å². The van der Waals surface area contributed by atoms with E-state index >= 15 is 0 Å². The summed E-state index contributed by atoms with van der Waals surface area (Å²) in [5.41, 5.74) is 2.72. The minimum absolute atomic E-state index is 0.343. The molecular weight excluding hydrogens is 242 g/mol. The van der Waals surface area contributed by atoms with E-state index < -0.39 is 0 Å². The molecule has 94 valence electrons. The fourth-order valence-corrected chi connectivity index (χ4v) is 3.08. The van der Waals surface area contributed by atoms with Crippen molar-refractivity contribution in [2.75, 3.05) is 13.2 Å². The molecule has 1 aromatic carbocycles. The Morgan fingerprint density at radius 1 is 1.22 bits per heavy atom. The summed E-state index contributed by atoms with van der Waals surface area (Å²) in [7, 11) is 0. The van der Waals surface area contributed by atoms with Gasteiger partial charge in [-0.1, -0.05) is 30.3 Å². The van der Waals surface area contributed by atoms with E-state index in [4.69, 9.17) is 4.74 Å². The topological polar surface area (TPSA) is 21.3 Å². The lowest BCUT2D eigenvalue weighted by atomic mass is 9.99. The molecule has 3 heteroatoms. The summed E-state index contributed by atoms with van der Waals surface area (Å²) in [6, 6.07) is 13.2. The molecule has 1 atom stereocenters. The van der Waals surface area contributed by atoms with Gasteiger partial charge in [-0.3, -0.25) is 0 Å². The lowest BCUT2D eigenvalue weighted by Gasteiger charge is -2.26. The second kappa shape index (κ2) is 5.65. The van der Waals surface area contributed by atoms with E-state index in [2.05, 4.69) is 47.1 Å². The summed E-state index contributed by atoms with van der Waals surface area (Å²) in [5.74, 6) is 0. The zero-order valence-electron chi connectivity index (χ0n) is 10.3. The van der Waals surface area contributed by atoms with Crippen molar-refractivity contribution in [1.82, 2.24) is 5.32 Å². The highest BCUT2D eigenvalue weighted by Gasteiger charge is 2.19. The third-order valence-corrected chi connectivity index (χ3v) is 4.25. The van der Waals surface area contributed by atoms with Crippen LogP contribution in [0.1, 0.15) is 22.0 Å². The van der Waals surface area contributed by atoms with E-state index in [-0.39, 0.29) is 0 Å². The summed E-state index contributed by atoms with van der Waals surface area (Å²) in [5, 5.41) is 5.73. The van der Waals surface area contributed by atoms with Crippen LogP contribution in [0.3, 0.4) is 0 Å². The Kier molecular flexibility index (Phi) is 3.74. The fraction of sp³-hybridized carbons (Fsp3) is 0.333. The van der Waals surface area contributed by atoms with E-state index in [1.54, 1.807) is 0 Å². The zero-order chi connectivity index (χ0) is 12.2. The lowest BCUT2D eigenvalue weighted by molar-refractivity contribution is 0.0824. The number of fused-ring (bicyclic) bond motifs is 1. The normalized spacial score (nSPS) is 18.6. The van der Waals surface area contributed by atoms with Crippen molar-refractivity contribution in [1.29, 1.82) is 0 Å². The monoisotopic (exact) mass is 259 g/mol. The van der Waals surface area contributed by atoms with Gasteiger partial charge in [0.05, 0.1) is 19.3 Å². The lowest BCUT2D eigenvalue weighted by Crippen LogP contribution is -2.31. The van der Waals surface area contributed by atoms with Crippen molar-refractivity contribution in [3.8, 4) is 0 Å². The van der Waals surface area contributed by atoms with Crippen molar-refractivity contribution in [3.05, 3.63) is 57.8 Å². The third-order valence-electron chi connectivity index (χ3n) is 3.31. The van der Waals surface area contributed by atoms with Crippen LogP contribution >= 0.6 is 11.3 Å². The molecule has 1 unspecified atom stereocenters. The predicted molar refractivity (Wildman–Crippen MR) is 74.9 cm³/mol. The van der Waals surface area contributed by atoms with E-state index in [1.165, 1.54) is 16.0 Å². The van der Waals surface area contributed by atoms with Crippen LogP contribution < -0.4 is 5.32 Å². The molecule has 0 aliphatic carbocycles. The first kappa shape index (κ1) is 11.9. The number of ether oxygens (including phenoxy) is 1. The average Bonchev–Trinajstić information content (AvgIpc) is 2.92. The number of rotatable bonds is 4. The van der Waals surface area contributed by atoms with Gasteiger partial charge in [0.2, 0.25) is 0 Å².